The van der Waals surface area contributed by atoms with Gasteiger partial charge in [0, 0.05) is 24.8 Å². The van der Waals surface area contributed by atoms with Crippen LogP contribution in [0, 0.1) is 0 Å². The maximum atomic E-state index is 12.6. The summed E-state index contributed by atoms with van der Waals surface area (Å²) in [7, 11) is 0. The maximum Gasteiger partial charge on any atom is 0.271 e. The first-order chi connectivity index (χ1) is 11.3. The van der Waals surface area contributed by atoms with Gasteiger partial charge in [-0.25, -0.2) is 4.68 Å². The van der Waals surface area contributed by atoms with Crippen molar-refractivity contribution in [2.24, 2.45) is 0 Å². The van der Waals surface area contributed by atoms with Gasteiger partial charge in [-0.05, 0) is 12.5 Å². The summed E-state index contributed by atoms with van der Waals surface area (Å²) in [4.78, 5) is 14.4. The molecule has 7 heteroatoms. The molecule has 3 heterocycles. The molecule has 3 aromatic rings. The lowest BCUT2D eigenvalue weighted by Crippen LogP contribution is -2.29. The molecule has 1 aromatic carbocycles. The maximum absolute atomic E-state index is 12.6. The first kappa shape index (κ1) is 13.7. The summed E-state index contributed by atoms with van der Waals surface area (Å²) in [6.07, 6.45) is 4.38. The number of nitrogens with zero attached hydrogens (tertiary/aromatic N) is 5. The van der Waals surface area contributed by atoms with Crippen molar-refractivity contribution in [1.29, 1.82) is 0 Å². The topological polar surface area (TPSA) is 79.7 Å². The largest absolute Gasteiger partial charge is 0.335 e. The third-order valence-electron chi connectivity index (χ3n) is 4.14. The van der Waals surface area contributed by atoms with Crippen LogP contribution in [0.25, 0.3) is 11.3 Å². The number of carbonyl (C=O) groups excluding carboxylic acids is 1. The molecular weight excluding hydrogens is 292 g/mol. The second-order valence-corrected chi connectivity index (χ2v) is 5.61. The van der Waals surface area contributed by atoms with Crippen LogP contribution >= 0.6 is 0 Å². The molecule has 1 fully saturated rings. The normalized spacial score (nSPS) is 17.6. The summed E-state index contributed by atoms with van der Waals surface area (Å²) in [6, 6.07) is 11.8. The predicted octanol–water partition coefficient (Wildman–Crippen LogP) is 1.76. The summed E-state index contributed by atoms with van der Waals surface area (Å²) < 4.78 is 1.82. The van der Waals surface area contributed by atoms with Crippen LogP contribution in [0.3, 0.4) is 0 Å². The van der Waals surface area contributed by atoms with Crippen molar-refractivity contribution in [2.45, 2.75) is 12.5 Å². The van der Waals surface area contributed by atoms with Crippen LogP contribution in [0.2, 0.25) is 0 Å². The van der Waals surface area contributed by atoms with Crippen LogP contribution in [0.5, 0.6) is 0 Å². The number of amides is 1. The van der Waals surface area contributed by atoms with Crippen LogP contribution < -0.4 is 0 Å². The first-order valence-electron chi connectivity index (χ1n) is 7.57. The standard InChI is InChI=1S/C16H16N6O/c23-16(21-8-6-13(11-21)22-9-7-17-20-22)15-10-14(18-19-15)12-4-2-1-3-5-12/h1-5,7,9-10,13H,6,8,11H2,(H,18,19)/t13-/m1/s1. The highest BCUT2D eigenvalue weighted by atomic mass is 16.2. The van der Waals surface area contributed by atoms with Gasteiger partial charge in [0.05, 0.1) is 17.9 Å². The Morgan fingerprint density at radius 1 is 1.26 bits per heavy atom. The van der Waals surface area contributed by atoms with E-state index in [-0.39, 0.29) is 11.9 Å². The Hall–Kier alpha value is -2.96. The van der Waals surface area contributed by atoms with Gasteiger partial charge in [0.15, 0.2) is 0 Å². The minimum Gasteiger partial charge on any atom is -0.335 e. The van der Waals surface area contributed by atoms with Crippen molar-refractivity contribution in [3.05, 3.63) is 54.5 Å². The average Bonchev–Trinajstić information content (AvgIpc) is 3.35. The van der Waals surface area contributed by atoms with Gasteiger partial charge in [0.25, 0.3) is 5.91 Å². The molecule has 1 amide bonds. The molecule has 0 radical (unpaired) electrons. The molecule has 4 rings (SSSR count). The molecule has 23 heavy (non-hydrogen) atoms. The minimum atomic E-state index is -0.0257. The fourth-order valence-corrected chi connectivity index (χ4v) is 2.91. The van der Waals surface area contributed by atoms with E-state index in [1.807, 2.05) is 46.1 Å². The zero-order valence-corrected chi connectivity index (χ0v) is 12.5. The summed E-state index contributed by atoms with van der Waals surface area (Å²) in [5.74, 6) is -0.0257. The van der Waals surface area contributed by atoms with E-state index in [2.05, 4.69) is 20.5 Å². The Kier molecular flexibility index (Phi) is 3.38. The number of aromatic amines is 1. The van der Waals surface area contributed by atoms with Crippen LogP contribution in [0.4, 0.5) is 0 Å². The minimum absolute atomic E-state index is 0.0257. The van der Waals surface area contributed by atoms with Crippen molar-refractivity contribution in [3.63, 3.8) is 0 Å². The monoisotopic (exact) mass is 308 g/mol. The Balaban J connectivity index is 1.49. The van der Waals surface area contributed by atoms with Gasteiger partial charge < -0.3 is 4.90 Å². The van der Waals surface area contributed by atoms with Crippen molar-refractivity contribution in [2.75, 3.05) is 13.1 Å². The van der Waals surface area contributed by atoms with Gasteiger partial charge >= 0.3 is 0 Å². The van der Waals surface area contributed by atoms with E-state index in [4.69, 9.17) is 0 Å². The van der Waals surface area contributed by atoms with E-state index >= 15 is 0 Å². The predicted molar refractivity (Wildman–Crippen MR) is 83.6 cm³/mol. The molecule has 1 atom stereocenters. The third-order valence-corrected chi connectivity index (χ3v) is 4.14. The lowest BCUT2D eigenvalue weighted by Gasteiger charge is -2.15. The van der Waals surface area contributed by atoms with Gasteiger partial charge in [-0.1, -0.05) is 35.5 Å². The van der Waals surface area contributed by atoms with Gasteiger partial charge in [-0.15, -0.1) is 5.10 Å². The molecule has 1 aliphatic rings. The highest BCUT2D eigenvalue weighted by Gasteiger charge is 2.29. The smallest absolute Gasteiger partial charge is 0.271 e. The molecule has 116 valence electrons. The molecule has 0 saturated carbocycles. The lowest BCUT2D eigenvalue weighted by molar-refractivity contribution is 0.0781. The summed E-state index contributed by atoms with van der Waals surface area (Å²) in [5.41, 5.74) is 2.29. The number of likely N-dealkylation sites (tertiary alicyclic amines) is 1. The SMILES string of the molecule is O=C(c1cc(-c2ccccc2)n[nH]1)N1CC[C@@H](n2ccnn2)C1. The number of benzene rings is 1. The molecule has 0 aliphatic carbocycles. The van der Waals surface area contributed by atoms with E-state index in [9.17, 15) is 4.79 Å². The van der Waals surface area contributed by atoms with E-state index in [1.54, 1.807) is 12.3 Å². The fourth-order valence-electron chi connectivity index (χ4n) is 2.91. The highest BCUT2D eigenvalue weighted by molar-refractivity contribution is 5.93. The molecular formula is C16H16N6O. The van der Waals surface area contributed by atoms with Gasteiger partial charge in [-0.3, -0.25) is 9.89 Å². The zero-order valence-electron chi connectivity index (χ0n) is 12.5. The Labute approximate surface area is 132 Å². The van der Waals surface area contributed by atoms with Crippen molar-refractivity contribution in [1.82, 2.24) is 30.1 Å². The number of hydrogen-bond acceptors (Lipinski definition) is 4. The van der Waals surface area contributed by atoms with E-state index in [1.165, 1.54) is 0 Å². The summed E-state index contributed by atoms with van der Waals surface area (Å²) in [6.45, 7) is 1.35. The van der Waals surface area contributed by atoms with E-state index < -0.39 is 0 Å². The molecule has 0 spiro atoms. The van der Waals surface area contributed by atoms with Crippen LogP contribution in [-0.2, 0) is 0 Å². The Morgan fingerprint density at radius 3 is 2.91 bits per heavy atom. The molecule has 0 bridgehead atoms. The third kappa shape index (κ3) is 2.61. The number of nitrogens with one attached hydrogen (secondary N) is 1. The number of hydrogen-bond donors (Lipinski definition) is 1. The molecule has 2 aromatic heterocycles. The quantitative estimate of drug-likeness (QED) is 0.799. The van der Waals surface area contributed by atoms with Crippen molar-refractivity contribution < 1.29 is 4.79 Å². The second kappa shape index (κ2) is 5.68. The summed E-state index contributed by atoms with van der Waals surface area (Å²) >= 11 is 0. The number of carbonyl (C=O) groups is 1. The van der Waals surface area contributed by atoms with Crippen molar-refractivity contribution >= 4 is 5.91 Å². The van der Waals surface area contributed by atoms with E-state index in [0.717, 1.165) is 17.7 Å². The lowest BCUT2D eigenvalue weighted by atomic mass is 10.1. The van der Waals surface area contributed by atoms with Crippen LogP contribution in [-0.4, -0.2) is 49.1 Å². The van der Waals surface area contributed by atoms with Gasteiger partial charge in [-0.2, -0.15) is 5.10 Å². The Bertz CT molecular complexity index is 795. The average molecular weight is 308 g/mol. The Morgan fingerprint density at radius 2 is 2.13 bits per heavy atom. The number of rotatable bonds is 3. The van der Waals surface area contributed by atoms with Gasteiger partial charge in [0.1, 0.15) is 5.69 Å². The molecule has 1 saturated heterocycles. The van der Waals surface area contributed by atoms with E-state index in [0.29, 0.717) is 18.8 Å². The van der Waals surface area contributed by atoms with Crippen molar-refractivity contribution in [3.8, 4) is 11.3 Å². The first-order valence-corrected chi connectivity index (χ1v) is 7.57. The fraction of sp³-hybridized carbons (Fsp3) is 0.250. The van der Waals surface area contributed by atoms with Gasteiger partial charge in [0.2, 0.25) is 0 Å². The summed E-state index contributed by atoms with van der Waals surface area (Å²) in [5, 5.41) is 14.9. The van der Waals surface area contributed by atoms with Crippen LogP contribution in [0.15, 0.2) is 48.8 Å². The molecule has 1 N–H and O–H groups in total. The molecule has 1 aliphatic heterocycles. The molecule has 0 unspecified atom stereocenters. The van der Waals surface area contributed by atoms with Crippen LogP contribution in [0.1, 0.15) is 23.0 Å². The highest BCUT2D eigenvalue weighted by Crippen LogP contribution is 2.23. The second-order valence-electron chi connectivity index (χ2n) is 5.61. The molecule has 7 nitrogen and oxygen atoms in total. The number of aromatic nitrogens is 5. The number of H-pyrrole nitrogens is 1. The zero-order chi connectivity index (χ0) is 15.6.